The van der Waals surface area contributed by atoms with Gasteiger partial charge in [0.2, 0.25) is 4.96 Å². The van der Waals surface area contributed by atoms with Crippen molar-refractivity contribution >= 4 is 38.6 Å². The van der Waals surface area contributed by atoms with Gasteiger partial charge >= 0.3 is 0 Å². The van der Waals surface area contributed by atoms with Gasteiger partial charge in [0, 0.05) is 23.1 Å². The van der Waals surface area contributed by atoms with Crippen molar-refractivity contribution in [1.29, 1.82) is 0 Å². The lowest BCUT2D eigenvalue weighted by atomic mass is 10.2. The SMILES string of the molecule is COc1cc(OCc2nc(-c3ccccc3)cs2)c2cc(-c3cnc4sc(OC)nn34)oc2c1. The Balaban J connectivity index is 1.33. The summed E-state index contributed by atoms with van der Waals surface area (Å²) in [5.41, 5.74) is 3.39. The molecule has 2 aromatic carbocycles. The molecule has 0 amide bonds. The maximum atomic E-state index is 6.19. The van der Waals surface area contributed by atoms with Crippen LogP contribution in [0.4, 0.5) is 0 Å². The van der Waals surface area contributed by atoms with Crippen molar-refractivity contribution in [3.05, 3.63) is 65.1 Å². The van der Waals surface area contributed by atoms with Crippen LogP contribution in [0.25, 0.3) is 38.6 Å². The molecule has 0 atom stereocenters. The van der Waals surface area contributed by atoms with E-state index in [0.717, 1.165) is 32.3 Å². The Kier molecular flexibility index (Phi) is 5.16. The Morgan fingerprint density at radius 3 is 2.76 bits per heavy atom. The third kappa shape index (κ3) is 3.66. The first kappa shape index (κ1) is 20.7. The summed E-state index contributed by atoms with van der Waals surface area (Å²) in [4.78, 5) is 9.85. The molecule has 0 aliphatic rings. The highest BCUT2D eigenvalue weighted by molar-refractivity contribution is 7.18. The molecule has 4 aromatic heterocycles. The normalized spacial score (nSPS) is 11.4. The maximum Gasteiger partial charge on any atom is 0.294 e. The number of aromatic nitrogens is 4. The Hall–Kier alpha value is -3.89. The van der Waals surface area contributed by atoms with Crippen LogP contribution in [0.3, 0.4) is 0 Å². The second kappa shape index (κ2) is 8.47. The van der Waals surface area contributed by atoms with Crippen LogP contribution in [0.1, 0.15) is 5.01 Å². The van der Waals surface area contributed by atoms with Gasteiger partial charge in [0.05, 0.1) is 31.5 Å². The molecule has 0 fully saturated rings. The number of hydrogen-bond donors (Lipinski definition) is 0. The monoisotopic (exact) mass is 490 g/mol. The second-order valence-corrected chi connectivity index (χ2v) is 9.20. The third-order valence-corrected chi connectivity index (χ3v) is 6.98. The van der Waals surface area contributed by atoms with Gasteiger partial charge in [-0.25, -0.2) is 9.97 Å². The number of rotatable bonds is 7. The van der Waals surface area contributed by atoms with Crippen molar-refractivity contribution in [2.24, 2.45) is 0 Å². The van der Waals surface area contributed by atoms with Crippen LogP contribution in [0, 0.1) is 0 Å². The number of furan rings is 1. The Bertz CT molecular complexity index is 1600. The number of hydrogen-bond acceptors (Lipinski definition) is 9. The molecule has 0 bridgehead atoms. The van der Waals surface area contributed by atoms with Gasteiger partial charge in [0.25, 0.3) is 5.19 Å². The van der Waals surface area contributed by atoms with Crippen molar-refractivity contribution in [1.82, 2.24) is 19.6 Å². The number of thiazole rings is 1. The summed E-state index contributed by atoms with van der Waals surface area (Å²) in [6.45, 7) is 0.334. The average Bonchev–Trinajstić information content (AvgIpc) is 3.65. The Morgan fingerprint density at radius 1 is 1.06 bits per heavy atom. The highest BCUT2D eigenvalue weighted by Crippen LogP contribution is 2.38. The first-order chi connectivity index (χ1) is 16.7. The summed E-state index contributed by atoms with van der Waals surface area (Å²) in [6.07, 6.45) is 1.73. The molecule has 0 radical (unpaired) electrons. The topological polar surface area (TPSA) is 83.9 Å². The lowest BCUT2D eigenvalue weighted by molar-refractivity contribution is 0.307. The molecule has 0 unspecified atom stereocenters. The first-order valence-electron chi connectivity index (χ1n) is 10.3. The van der Waals surface area contributed by atoms with Gasteiger partial charge in [-0.2, -0.15) is 4.52 Å². The van der Waals surface area contributed by atoms with Gasteiger partial charge in [-0.05, 0) is 17.4 Å². The lowest BCUT2D eigenvalue weighted by Crippen LogP contribution is -1.96. The molecule has 8 nitrogen and oxygen atoms in total. The van der Waals surface area contributed by atoms with Crippen LogP contribution in [-0.4, -0.2) is 33.8 Å². The standard InChI is InChI=1S/C24H18N4O4S2/c1-29-15-8-19(31-12-22-26-17(13-33-22)14-6-4-3-5-7-14)16-10-21(32-20(16)9-15)18-11-25-23-28(18)27-24(30-2)34-23/h3-11,13H,12H2,1-2H3. The maximum absolute atomic E-state index is 6.19. The molecule has 0 spiro atoms. The van der Waals surface area contributed by atoms with E-state index in [1.54, 1.807) is 36.3 Å². The summed E-state index contributed by atoms with van der Waals surface area (Å²) < 4.78 is 24.7. The van der Waals surface area contributed by atoms with Gasteiger partial charge in [0.15, 0.2) is 5.76 Å². The zero-order valence-electron chi connectivity index (χ0n) is 18.2. The first-order valence-corrected chi connectivity index (χ1v) is 12.0. The number of imidazole rings is 1. The zero-order chi connectivity index (χ0) is 23.1. The molecule has 4 heterocycles. The van der Waals surface area contributed by atoms with E-state index >= 15 is 0 Å². The van der Waals surface area contributed by atoms with Gasteiger partial charge < -0.3 is 18.6 Å². The van der Waals surface area contributed by atoms with Gasteiger partial charge in [-0.1, -0.05) is 30.3 Å². The number of methoxy groups -OCH3 is 2. The molecule has 0 saturated heterocycles. The molecule has 0 aliphatic carbocycles. The summed E-state index contributed by atoms with van der Waals surface area (Å²) in [6, 6.07) is 15.7. The van der Waals surface area contributed by atoms with Gasteiger partial charge in [0.1, 0.15) is 34.4 Å². The fourth-order valence-electron chi connectivity index (χ4n) is 3.63. The summed E-state index contributed by atoms with van der Waals surface area (Å²) in [7, 11) is 3.20. The van der Waals surface area contributed by atoms with Gasteiger partial charge in [-0.15, -0.1) is 16.4 Å². The van der Waals surface area contributed by atoms with E-state index in [9.17, 15) is 0 Å². The van der Waals surface area contributed by atoms with Crippen molar-refractivity contribution in [2.75, 3.05) is 14.2 Å². The van der Waals surface area contributed by atoms with Crippen molar-refractivity contribution in [3.63, 3.8) is 0 Å². The predicted molar refractivity (Wildman–Crippen MR) is 131 cm³/mol. The molecule has 0 saturated carbocycles. The summed E-state index contributed by atoms with van der Waals surface area (Å²) in [5, 5.41) is 8.70. The smallest absolute Gasteiger partial charge is 0.294 e. The van der Waals surface area contributed by atoms with Crippen LogP contribution >= 0.6 is 22.7 Å². The average molecular weight is 491 g/mol. The number of nitrogens with zero attached hydrogens (tertiary/aromatic N) is 4. The number of benzene rings is 2. The van der Waals surface area contributed by atoms with Crippen molar-refractivity contribution in [2.45, 2.75) is 6.61 Å². The molecule has 34 heavy (non-hydrogen) atoms. The van der Waals surface area contributed by atoms with Crippen LogP contribution in [0.2, 0.25) is 0 Å². The molecule has 0 aliphatic heterocycles. The molecule has 170 valence electrons. The van der Waals surface area contributed by atoms with Crippen LogP contribution in [0.5, 0.6) is 16.7 Å². The van der Waals surface area contributed by atoms with E-state index in [2.05, 4.69) is 10.1 Å². The van der Waals surface area contributed by atoms with Crippen LogP contribution < -0.4 is 14.2 Å². The van der Waals surface area contributed by atoms with Crippen molar-refractivity contribution < 1.29 is 18.6 Å². The Morgan fingerprint density at radius 2 is 1.94 bits per heavy atom. The third-order valence-electron chi connectivity index (χ3n) is 5.28. The van der Waals surface area contributed by atoms with E-state index in [0.29, 0.717) is 34.6 Å². The van der Waals surface area contributed by atoms with E-state index in [1.807, 2.05) is 53.9 Å². The zero-order valence-corrected chi connectivity index (χ0v) is 19.9. The van der Waals surface area contributed by atoms with E-state index < -0.39 is 0 Å². The summed E-state index contributed by atoms with van der Waals surface area (Å²) in [5.74, 6) is 1.91. The number of fused-ring (bicyclic) bond motifs is 2. The number of ether oxygens (including phenoxy) is 3. The summed E-state index contributed by atoms with van der Waals surface area (Å²) >= 11 is 2.93. The molecule has 0 N–H and O–H groups in total. The van der Waals surface area contributed by atoms with Gasteiger partial charge in [-0.3, -0.25) is 0 Å². The fraction of sp³-hybridized carbons (Fsp3) is 0.125. The minimum Gasteiger partial charge on any atom is -0.496 e. The Labute approximate surface area is 202 Å². The van der Waals surface area contributed by atoms with Crippen molar-refractivity contribution in [3.8, 4) is 39.4 Å². The van der Waals surface area contributed by atoms with Crippen LogP contribution in [0.15, 0.2) is 64.5 Å². The molecule has 10 heteroatoms. The highest BCUT2D eigenvalue weighted by atomic mass is 32.1. The highest BCUT2D eigenvalue weighted by Gasteiger charge is 2.18. The molecule has 6 aromatic rings. The quantitative estimate of drug-likeness (QED) is 0.274. The molecular formula is C24H18N4O4S2. The minimum absolute atomic E-state index is 0.334. The molecule has 6 rings (SSSR count). The second-order valence-electron chi connectivity index (χ2n) is 7.34. The van der Waals surface area contributed by atoms with Crippen LogP contribution in [-0.2, 0) is 6.61 Å². The lowest BCUT2D eigenvalue weighted by Gasteiger charge is -2.07. The van der Waals surface area contributed by atoms with E-state index in [1.165, 1.54) is 11.3 Å². The van der Waals surface area contributed by atoms with E-state index in [4.69, 9.17) is 23.6 Å². The molecular weight excluding hydrogens is 472 g/mol. The predicted octanol–water partition coefficient (Wildman–Crippen LogP) is 5.92. The largest absolute Gasteiger partial charge is 0.496 e. The van der Waals surface area contributed by atoms with E-state index in [-0.39, 0.29) is 0 Å². The fourth-order valence-corrected chi connectivity index (χ4v) is 5.04. The minimum atomic E-state index is 0.334.